The highest BCUT2D eigenvalue weighted by molar-refractivity contribution is 7.14. The second-order valence-corrected chi connectivity index (χ2v) is 14.8. The number of carbonyl (C=O) groups is 4. The first kappa shape index (κ1) is 39.0. The number of nitrogens with two attached hydrogens (primary N) is 4. The number of nitrogens with zero attached hydrogens (tertiary/aromatic N) is 5. The molecule has 0 saturated carbocycles. The second kappa shape index (κ2) is 17.8. The van der Waals surface area contributed by atoms with Gasteiger partial charge < -0.3 is 38.9 Å². The normalized spacial score (nSPS) is 12.8. The fourth-order valence-corrected chi connectivity index (χ4v) is 7.80. The molecule has 49 heavy (non-hydrogen) atoms. The van der Waals surface area contributed by atoms with Gasteiger partial charge in [0.15, 0.2) is 17.7 Å². The van der Waals surface area contributed by atoms with Crippen LogP contribution in [0.5, 0.6) is 0 Å². The van der Waals surface area contributed by atoms with Gasteiger partial charge in [0.2, 0.25) is 5.91 Å². The molecule has 3 aromatic rings. The van der Waals surface area contributed by atoms with E-state index < -0.39 is 29.9 Å². The van der Waals surface area contributed by atoms with Crippen LogP contribution in [0.25, 0.3) is 0 Å². The summed E-state index contributed by atoms with van der Waals surface area (Å²) in [6.45, 7) is 10.7. The van der Waals surface area contributed by atoms with E-state index in [0.717, 1.165) is 0 Å². The topological polar surface area (TPSA) is 272 Å². The van der Waals surface area contributed by atoms with Gasteiger partial charge >= 0.3 is 0 Å². The quantitative estimate of drug-likeness (QED) is 0.0458. The van der Waals surface area contributed by atoms with Crippen molar-refractivity contribution in [1.29, 1.82) is 0 Å². The zero-order chi connectivity index (χ0) is 36.4. The Labute approximate surface area is 296 Å². The van der Waals surface area contributed by atoms with Gasteiger partial charge in [-0.2, -0.15) is 0 Å². The molecular formula is C30H44N12O4S3. The van der Waals surface area contributed by atoms with E-state index in [1.807, 2.05) is 0 Å². The van der Waals surface area contributed by atoms with Crippen molar-refractivity contribution < 1.29 is 19.2 Å². The summed E-state index contributed by atoms with van der Waals surface area (Å²) in [6, 6.07) is -1.82. The van der Waals surface area contributed by atoms with Gasteiger partial charge in [0.05, 0.1) is 55.1 Å². The summed E-state index contributed by atoms with van der Waals surface area (Å²) in [6.07, 6.45) is 2.05. The lowest BCUT2D eigenvalue weighted by Crippen LogP contribution is -2.32. The molecule has 0 aliphatic carbocycles. The molecule has 11 N–H and O–H groups in total. The van der Waals surface area contributed by atoms with Crippen LogP contribution < -0.4 is 38.9 Å². The lowest BCUT2D eigenvalue weighted by atomic mass is 10.1. The number of hydrogen-bond acceptors (Lipinski definition) is 12. The minimum Gasteiger partial charge on any atom is -0.370 e. The number of hydrogen-bond donors (Lipinski definition) is 7. The molecule has 3 atom stereocenters. The molecule has 266 valence electrons. The van der Waals surface area contributed by atoms with Crippen LogP contribution in [-0.2, 0) is 11.2 Å². The van der Waals surface area contributed by atoms with E-state index >= 15 is 0 Å². The van der Waals surface area contributed by atoms with E-state index in [4.69, 9.17) is 27.9 Å². The van der Waals surface area contributed by atoms with E-state index in [1.165, 1.54) is 47.9 Å². The first-order valence-corrected chi connectivity index (χ1v) is 18.0. The monoisotopic (exact) mass is 732 g/mol. The summed E-state index contributed by atoms with van der Waals surface area (Å²) >= 11 is 3.68. The molecule has 0 bridgehead atoms. The van der Waals surface area contributed by atoms with Crippen molar-refractivity contribution in [2.45, 2.75) is 85.4 Å². The molecule has 3 rings (SSSR count). The molecule has 16 nitrogen and oxygen atoms in total. The summed E-state index contributed by atoms with van der Waals surface area (Å²) in [7, 11) is 0. The Kier molecular flexibility index (Phi) is 14.1. The standard InChI is InChI=1S/C30H44N12O4S3/c1-13(21-24(15(3)43)47-17(5)40-21)37-27(45)25-22(42-20(49-25)10-8-12-36-30(33)34)14(2)38-28(46)26-23(41-18(6)48-26)19(39-16(4)44)9-7-11-35-29(31)32/h13-14,19H,7-12H2,1-6H3,(H,37,45)(H,38,46)(H,39,44)(H4,31,32,35)(H4,33,34,36)/t13-,14-,19-/m0/s1. The smallest absolute Gasteiger partial charge is 0.263 e. The maximum atomic E-state index is 13.8. The van der Waals surface area contributed by atoms with Crippen LogP contribution in [-0.4, -0.2) is 63.5 Å². The van der Waals surface area contributed by atoms with Crippen LogP contribution in [0.4, 0.5) is 0 Å². The third kappa shape index (κ3) is 11.3. The molecule has 0 spiro atoms. The highest BCUT2D eigenvalue weighted by Gasteiger charge is 2.29. The number of guanidine groups is 2. The van der Waals surface area contributed by atoms with E-state index in [2.05, 4.69) is 35.9 Å². The predicted molar refractivity (Wildman–Crippen MR) is 193 cm³/mol. The van der Waals surface area contributed by atoms with Gasteiger partial charge in [-0.3, -0.25) is 29.2 Å². The van der Waals surface area contributed by atoms with Crippen molar-refractivity contribution in [2.24, 2.45) is 32.9 Å². The summed E-state index contributed by atoms with van der Waals surface area (Å²) in [4.78, 5) is 74.8. The van der Waals surface area contributed by atoms with Crippen molar-refractivity contribution in [3.8, 4) is 0 Å². The Hall–Kier alpha value is -4.49. The summed E-state index contributed by atoms with van der Waals surface area (Å²) < 4.78 is 0. The zero-order valence-corrected chi connectivity index (χ0v) is 30.8. The third-order valence-electron chi connectivity index (χ3n) is 6.96. The number of carbonyl (C=O) groups excluding carboxylic acids is 4. The lowest BCUT2D eigenvalue weighted by molar-refractivity contribution is -0.119. The largest absolute Gasteiger partial charge is 0.370 e. The molecule has 19 heteroatoms. The lowest BCUT2D eigenvalue weighted by Gasteiger charge is -2.18. The van der Waals surface area contributed by atoms with Gasteiger partial charge in [0.25, 0.3) is 11.8 Å². The molecule has 3 amide bonds. The molecule has 0 aliphatic rings. The number of amides is 3. The highest BCUT2D eigenvalue weighted by Crippen LogP contribution is 2.31. The van der Waals surface area contributed by atoms with Gasteiger partial charge in [-0.25, -0.2) is 15.0 Å². The molecule has 3 aromatic heterocycles. The predicted octanol–water partition coefficient (Wildman–Crippen LogP) is 2.29. The van der Waals surface area contributed by atoms with E-state index in [-0.39, 0.29) is 23.6 Å². The SMILES string of the molecule is CC(=O)N[C@@H](CCCN=C(N)N)c1nc(C)sc1C(=O)N[C@@H](C)c1nc(CCCN=C(N)N)sc1C(=O)N[C@@H](C)c1nc(C)sc1C(C)=O. The number of aromatic nitrogens is 3. The third-order valence-corrected chi connectivity index (χ3v) is 10.2. The summed E-state index contributed by atoms with van der Waals surface area (Å²) in [5, 5.41) is 10.8. The van der Waals surface area contributed by atoms with Crippen LogP contribution in [0.15, 0.2) is 9.98 Å². The van der Waals surface area contributed by atoms with Gasteiger partial charge in [-0.15, -0.1) is 34.0 Å². The van der Waals surface area contributed by atoms with Crippen molar-refractivity contribution >= 4 is 69.4 Å². The van der Waals surface area contributed by atoms with Gasteiger partial charge in [0.1, 0.15) is 9.75 Å². The van der Waals surface area contributed by atoms with Crippen LogP contribution in [0, 0.1) is 13.8 Å². The Morgan fingerprint density at radius 3 is 1.71 bits per heavy atom. The molecule has 0 aromatic carbocycles. The number of Topliss-reactive ketones (excluding diaryl/α,β-unsaturated/α-hetero) is 1. The van der Waals surface area contributed by atoms with Gasteiger partial charge in [0, 0.05) is 33.4 Å². The minimum absolute atomic E-state index is 0.0143. The van der Waals surface area contributed by atoms with E-state index in [0.29, 0.717) is 85.5 Å². The van der Waals surface area contributed by atoms with Crippen molar-refractivity contribution in [1.82, 2.24) is 30.9 Å². The minimum atomic E-state index is -0.697. The number of rotatable bonds is 17. The van der Waals surface area contributed by atoms with Gasteiger partial charge in [-0.05, 0) is 47.0 Å². The maximum Gasteiger partial charge on any atom is 0.263 e. The molecular weight excluding hydrogens is 689 g/mol. The first-order valence-electron chi connectivity index (χ1n) is 15.5. The number of ketones is 1. The number of aryl methyl sites for hydroxylation is 3. The number of nitrogens with one attached hydrogen (secondary N) is 3. The Balaban J connectivity index is 1.90. The van der Waals surface area contributed by atoms with Crippen molar-refractivity contribution in [3.05, 3.63) is 46.7 Å². The Morgan fingerprint density at radius 2 is 1.18 bits per heavy atom. The van der Waals surface area contributed by atoms with Crippen LogP contribution >= 0.6 is 34.0 Å². The maximum absolute atomic E-state index is 13.8. The fraction of sp³-hybridized carbons (Fsp3) is 0.500. The number of aliphatic imine (C=N–C) groups is 2. The Morgan fingerprint density at radius 1 is 0.694 bits per heavy atom. The average molecular weight is 733 g/mol. The van der Waals surface area contributed by atoms with E-state index in [1.54, 1.807) is 27.7 Å². The summed E-state index contributed by atoms with van der Waals surface area (Å²) in [5.41, 5.74) is 23.1. The molecule has 0 radical (unpaired) electrons. The van der Waals surface area contributed by atoms with E-state index in [9.17, 15) is 19.2 Å². The van der Waals surface area contributed by atoms with Crippen LogP contribution in [0.3, 0.4) is 0 Å². The fourth-order valence-electron chi connectivity index (χ4n) is 4.90. The molecule has 0 aliphatic heterocycles. The number of thiazole rings is 3. The van der Waals surface area contributed by atoms with Crippen LogP contribution in [0.1, 0.15) is 126 Å². The van der Waals surface area contributed by atoms with Crippen molar-refractivity contribution in [2.75, 3.05) is 13.1 Å². The average Bonchev–Trinajstić information content (AvgIpc) is 3.73. The van der Waals surface area contributed by atoms with Crippen molar-refractivity contribution in [3.63, 3.8) is 0 Å². The molecule has 0 unspecified atom stereocenters. The Bertz CT molecular complexity index is 1720. The first-order chi connectivity index (χ1) is 23.1. The zero-order valence-electron chi connectivity index (χ0n) is 28.4. The highest BCUT2D eigenvalue weighted by atomic mass is 32.1. The molecule has 3 heterocycles. The van der Waals surface area contributed by atoms with Gasteiger partial charge in [-0.1, -0.05) is 0 Å². The van der Waals surface area contributed by atoms with Crippen LogP contribution in [0.2, 0.25) is 0 Å². The molecule has 0 saturated heterocycles. The second-order valence-electron chi connectivity index (χ2n) is 11.3. The summed E-state index contributed by atoms with van der Waals surface area (Å²) in [5.74, 6) is -1.31. The molecule has 0 fully saturated rings.